The Morgan fingerprint density at radius 3 is 2.21 bits per heavy atom. The summed E-state index contributed by atoms with van der Waals surface area (Å²) in [7, 11) is 0. The Hall–Kier alpha value is -1.32. The fourth-order valence-corrected chi connectivity index (χ4v) is 1.78. The number of amides is 2. The Kier molecular flexibility index (Phi) is 2.64. The molecule has 1 aliphatic carbocycles. The zero-order valence-corrected chi connectivity index (χ0v) is 8.62. The third-order valence-electron chi connectivity index (χ3n) is 2.57. The first-order chi connectivity index (χ1) is 6.45. The number of hydrogen-bond acceptors (Lipinski definition) is 2. The van der Waals surface area contributed by atoms with Crippen LogP contribution < -0.4 is 5.73 Å². The Balaban J connectivity index is 2.94. The average molecular weight is 196 g/mol. The van der Waals surface area contributed by atoms with Gasteiger partial charge in [-0.2, -0.15) is 0 Å². The monoisotopic (exact) mass is 196 g/mol. The van der Waals surface area contributed by atoms with Gasteiger partial charge in [0.05, 0.1) is 0 Å². The first kappa shape index (κ1) is 10.8. The molecule has 1 fully saturated rings. The van der Waals surface area contributed by atoms with Gasteiger partial charge in [0.15, 0.2) is 0 Å². The molecule has 4 heteroatoms. The number of rotatable bonds is 4. The molecular formula is C10H16N2O2. The van der Waals surface area contributed by atoms with Crippen LogP contribution in [0.15, 0.2) is 12.7 Å². The molecule has 14 heavy (non-hydrogen) atoms. The van der Waals surface area contributed by atoms with Crippen molar-refractivity contribution in [3.8, 4) is 0 Å². The Morgan fingerprint density at radius 2 is 2.00 bits per heavy atom. The van der Waals surface area contributed by atoms with E-state index in [0.29, 0.717) is 12.8 Å². The van der Waals surface area contributed by atoms with Crippen molar-refractivity contribution in [3.05, 3.63) is 12.7 Å². The van der Waals surface area contributed by atoms with Crippen LogP contribution in [-0.2, 0) is 9.59 Å². The number of carbonyl (C=O) groups is 2. The van der Waals surface area contributed by atoms with Gasteiger partial charge < -0.3 is 10.6 Å². The van der Waals surface area contributed by atoms with Gasteiger partial charge in [-0.15, -0.1) is 0 Å². The molecule has 0 aromatic heterocycles. The second-order valence-electron chi connectivity index (χ2n) is 3.90. The lowest BCUT2D eigenvalue weighted by molar-refractivity contribution is -0.139. The van der Waals surface area contributed by atoms with Gasteiger partial charge in [-0.25, -0.2) is 0 Å². The summed E-state index contributed by atoms with van der Waals surface area (Å²) in [6.07, 6.45) is 2.56. The Labute approximate surface area is 83.8 Å². The van der Waals surface area contributed by atoms with Crippen molar-refractivity contribution in [2.45, 2.75) is 38.3 Å². The van der Waals surface area contributed by atoms with E-state index >= 15 is 0 Å². The van der Waals surface area contributed by atoms with Crippen LogP contribution in [0.2, 0.25) is 0 Å². The minimum absolute atomic E-state index is 0.0319. The van der Waals surface area contributed by atoms with Gasteiger partial charge in [-0.3, -0.25) is 9.59 Å². The second-order valence-corrected chi connectivity index (χ2v) is 3.90. The predicted octanol–water partition coefficient (Wildman–Crippen LogP) is 0.427. The third kappa shape index (κ3) is 1.52. The third-order valence-corrected chi connectivity index (χ3v) is 2.57. The summed E-state index contributed by atoms with van der Waals surface area (Å²) in [5, 5.41) is 0. The smallest absolute Gasteiger partial charge is 0.247 e. The van der Waals surface area contributed by atoms with Gasteiger partial charge in [0.1, 0.15) is 5.54 Å². The largest absolute Gasteiger partial charge is 0.368 e. The summed E-state index contributed by atoms with van der Waals surface area (Å²) in [6, 6.07) is -0.0319. The van der Waals surface area contributed by atoms with Crippen LogP contribution in [0.1, 0.15) is 26.7 Å². The lowest BCUT2D eigenvalue weighted by Crippen LogP contribution is -2.52. The number of nitrogens with zero attached hydrogens (tertiary/aromatic N) is 1. The van der Waals surface area contributed by atoms with Crippen molar-refractivity contribution in [2.24, 2.45) is 5.73 Å². The van der Waals surface area contributed by atoms with Crippen LogP contribution >= 0.6 is 0 Å². The Morgan fingerprint density at radius 1 is 1.50 bits per heavy atom. The SMILES string of the molecule is C=CC(=O)N(C(C)C)C1(C(N)=O)CC1. The Bertz CT molecular complexity index is 280. The molecule has 0 spiro atoms. The van der Waals surface area contributed by atoms with E-state index in [1.54, 1.807) is 0 Å². The van der Waals surface area contributed by atoms with E-state index in [2.05, 4.69) is 6.58 Å². The van der Waals surface area contributed by atoms with Gasteiger partial charge in [0.25, 0.3) is 0 Å². The highest BCUT2D eigenvalue weighted by atomic mass is 16.2. The topological polar surface area (TPSA) is 63.4 Å². The summed E-state index contributed by atoms with van der Waals surface area (Å²) in [6.45, 7) is 7.15. The van der Waals surface area contributed by atoms with Crippen LogP contribution in [0, 0.1) is 0 Å². The van der Waals surface area contributed by atoms with Crippen LogP contribution in [-0.4, -0.2) is 28.3 Å². The van der Waals surface area contributed by atoms with E-state index in [-0.39, 0.29) is 11.9 Å². The highest BCUT2D eigenvalue weighted by Gasteiger charge is 2.55. The van der Waals surface area contributed by atoms with Crippen molar-refractivity contribution in [1.82, 2.24) is 4.90 Å². The van der Waals surface area contributed by atoms with Crippen molar-refractivity contribution in [3.63, 3.8) is 0 Å². The van der Waals surface area contributed by atoms with E-state index in [9.17, 15) is 9.59 Å². The van der Waals surface area contributed by atoms with E-state index in [0.717, 1.165) is 0 Å². The molecule has 78 valence electrons. The minimum Gasteiger partial charge on any atom is -0.368 e. The fourth-order valence-electron chi connectivity index (χ4n) is 1.78. The van der Waals surface area contributed by atoms with Crippen molar-refractivity contribution in [1.29, 1.82) is 0 Å². The number of primary amides is 1. The van der Waals surface area contributed by atoms with E-state index in [1.807, 2.05) is 13.8 Å². The van der Waals surface area contributed by atoms with Gasteiger partial charge in [-0.1, -0.05) is 6.58 Å². The number of carbonyl (C=O) groups excluding carboxylic acids is 2. The molecule has 1 saturated carbocycles. The van der Waals surface area contributed by atoms with Crippen molar-refractivity contribution >= 4 is 11.8 Å². The van der Waals surface area contributed by atoms with Gasteiger partial charge in [0, 0.05) is 6.04 Å². The predicted molar refractivity (Wildman–Crippen MR) is 53.3 cm³/mol. The molecule has 0 atom stereocenters. The molecule has 0 heterocycles. The van der Waals surface area contributed by atoms with Crippen molar-refractivity contribution < 1.29 is 9.59 Å². The maximum atomic E-state index is 11.5. The quantitative estimate of drug-likeness (QED) is 0.662. The summed E-state index contributed by atoms with van der Waals surface area (Å²) in [5.41, 5.74) is 4.56. The fraction of sp³-hybridized carbons (Fsp3) is 0.600. The van der Waals surface area contributed by atoms with E-state index in [4.69, 9.17) is 5.73 Å². The summed E-state index contributed by atoms with van der Waals surface area (Å²) in [5.74, 6) is -0.641. The highest BCUT2D eigenvalue weighted by molar-refractivity contribution is 5.96. The molecule has 4 nitrogen and oxygen atoms in total. The zero-order chi connectivity index (χ0) is 10.9. The van der Waals surface area contributed by atoms with Crippen molar-refractivity contribution in [2.75, 3.05) is 0 Å². The molecule has 0 aromatic carbocycles. The minimum atomic E-state index is -0.737. The van der Waals surface area contributed by atoms with E-state index < -0.39 is 11.4 Å². The molecule has 2 amide bonds. The van der Waals surface area contributed by atoms with Gasteiger partial charge in [0.2, 0.25) is 11.8 Å². The van der Waals surface area contributed by atoms with Crippen LogP contribution in [0.5, 0.6) is 0 Å². The first-order valence-corrected chi connectivity index (χ1v) is 4.71. The summed E-state index contributed by atoms with van der Waals surface area (Å²) < 4.78 is 0. The lowest BCUT2D eigenvalue weighted by Gasteiger charge is -2.32. The van der Waals surface area contributed by atoms with Gasteiger partial charge in [-0.05, 0) is 32.8 Å². The second kappa shape index (κ2) is 3.44. The summed E-state index contributed by atoms with van der Waals surface area (Å²) >= 11 is 0. The number of hydrogen-bond donors (Lipinski definition) is 1. The van der Waals surface area contributed by atoms with Crippen LogP contribution in [0.3, 0.4) is 0 Å². The molecule has 2 N–H and O–H groups in total. The molecule has 0 unspecified atom stereocenters. The maximum Gasteiger partial charge on any atom is 0.247 e. The molecule has 0 aromatic rings. The van der Waals surface area contributed by atoms with Gasteiger partial charge >= 0.3 is 0 Å². The molecule has 1 rings (SSSR count). The molecule has 1 aliphatic rings. The van der Waals surface area contributed by atoms with Crippen LogP contribution in [0.4, 0.5) is 0 Å². The number of nitrogens with two attached hydrogens (primary N) is 1. The lowest BCUT2D eigenvalue weighted by atomic mass is 10.1. The zero-order valence-electron chi connectivity index (χ0n) is 8.62. The molecule has 0 aliphatic heterocycles. The molecule has 0 radical (unpaired) electrons. The first-order valence-electron chi connectivity index (χ1n) is 4.71. The molecular weight excluding hydrogens is 180 g/mol. The standard InChI is InChI=1S/C10H16N2O2/c1-4-8(13)12(7(2)3)10(5-6-10)9(11)14/h4,7H,1,5-6H2,2-3H3,(H2,11,14). The molecule has 0 saturated heterocycles. The van der Waals surface area contributed by atoms with E-state index in [1.165, 1.54) is 11.0 Å². The molecule has 0 bridgehead atoms. The van der Waals surface area contributed by atoms with Crippen LogP contribution in [0.25, 0.3) is 0 Å². The highest BCUT2D eigenvalue weighted by Crippen LogP contribution is 2.42. The average Bonchev–Trinajstić information content (AvgIpc) is 2.85. The summed E-state index contributed by atoms with van der Waals surface area (Å²) in [4.78, 5) is 24.3. The normalized spacial score (nSPS) is 17.6. The maximum absolute atomic E-state index is 11.5.